The van der Waals surface area contributed by atoms with Crippen LogP contribution in [0.4, 0.5) is 18.9 Å². The average molecular weight is 468 g/mol. The van der Waals surface area contributed by atoms with Crippen LogP contribution in [0.2, 0.25) is 0 Å². The monoisotopic (exact) mass is 467 g/mol. The number of nitrogens with one attached hydrogen (secondary N) is 1. The Labute approximate surface area is 192 Å². The van der Waals surface area contributed by atoms with E-state index in [1.54, 1.807) is 0 Å². The van der Waals surface area contributed by atoms with E-state index in [2.05, 4.69) is 51.3 Å². The summed E-state index contributed by atoms with van der Waals surface area (Å²) in [5, 5.41) is 12.8. The maximum Gasteiger partial charge on any atom is 0.425 e. The van der Waals surface area contributed by atoms with Crippen LogP contribution in [0.15, 0.2) is 36.7 Å². The molecule has 3 rings (SSSR count). The minimum atomic E-state index is -5.02. The number of hydrogen-bond acceptors (Lipinski definition) is 5. The van der Waals surface area contributed by atoms with Crippen LogP contribution in [0.1, 0.15) is 30.7 Å². The van der Waals surface area contributed by atoms with E-state index in [4.69, 9.17) is 0 Å². The van der Waals surface area contributed by atoms with Crippen LogP contribution in [0.5, 0.6) is 0 Å². The standard InChI is InChI=1S/C23H32F3N5O2/c1-18-6-5-7-19(16-18)31-14-12-30(13-15-31)10-4-3-8-27-20(32)17-22(33,23(24,25)26)21-28-9-11-29(21)2/h5-7,9,11,16,33H,3-4,8,10,12-15,17H2,1-2H3,(H,27,32). The Morgan fingerprint density at radius 2 is 1.91 bits per heavy atom. The van der Waals surface area contributed by atoms with Gasteiger partial charge in [0.2, 0.25) is 11.5 Å². The minimum Gasteiger partial charge on any atom is -0.374 e. The molecule has 1 atom stereocenters. The van der Waals surface area contributed by atoms with E-state index in [1.165, 1.54) is 24.5 Å². The second-order valence-electron chi connectivity index (χ2n) is 8.62. The molecule has 1 amide bonds. The van der Waals surface area contributed by atoms with E-state index in [1.807, 2.05) is 0 Å². The van der Waals surface area contributed by atoms with Crippen LogP contribution < -0.4 is 10.2 Å². The van der Waals surface area contributed by atoms with Crippen molar-refractivity contribution >= 4 is 11.6 Å². The van der Waals surface area contributed by atoms with Crippen LogP contribution in [0.25, 0.3) is 0 Å². The zero-order valence-electron chi connectivity index (χ0n) is 19.1. The number of carbonyl (C=O) groups excluding carboxylic acids is 1. The maximum atomic E-state index is 13.5. The second kappa shape index (κ2) is 10.6. The summed E-state index contributed by atoms with van der Waals surface area (Å²) in [4.78, 5) is 20.5. The van der Waals surface area contributed by atoms with Gasteiger partial charge in [0.05, 0.1) is 6.42 Å². The molecule has 10 heteroatoms. The predicted octanol–water partition coefficient (Wildman–Crippen LogP) is 2.59. The molecule has 33 heavy (non-hydrogen) atoms. The molecule has 1 aliphatic heterocycles. The SMILES string of the molecule is Cc1cccc(N2CCN(CCCCNC(=O)CC(O)(c3nccn3C)C(F)(F)F)CC2)c1. The molecule has 2 aromatic rings. The van der Waals surface area contributed by atoms with Crippen LogP contribution >= 0.6 is 0 Å². The molecule has 2 N–H and O–H groups in total. The first-order valence-corrected chi connectivity index (χ1v) is 11.2. The van der Waals surface area contributed by atoms with Gasteiger partial charge in [-0.3, -0.25) is 9.69 Å². The highest BCUT2D eigenvalue weighted by molar-refractivity contribution is 5.77. The van der Waals surface area contributed by atoms with Crippen LogP contribution in [0.3, 0.4) is 0 Å². The normalized spacial score (nSPS) is 17.1. The van der Waals surface area contributed by atoms with Gasteiger partial charge in [-0.2, -0.15) is 13.2 Å². The molecule has 0 bridgehead atoms. The third-order valence-corrected chi connectivity index (χ3v) is 6.04. The number of aromatic nitrogens is 2. The first-order valence-electron chi connectivity index (χ1n) is 11.2. The van der Waals surface area contributed by atoms with Crippen molar-refractivity contribution in [2.45, 2.75) is 38.0 Å². The van der Waals surface area contributed by atoms with Crippen LogP contribution in [-0.2, 0) is 17.4 Å². The van der Waals surface area contributed by atoms with Crippen molar-refractivity contribution in [3.05, 3.63) is 48.0 Å². The summed E-state index contributed by atoms with van der Waals surface area (Å²) in [5.74, 6) is -1.46. The van der Waals surface area contributed by atoms with Crippen molar-refractivity contribution in [1.82, 2.24) is 19.8 Å². The summed E-state index contributed by atoms with van der Waals surface area (Å²) in [5.41, 5.74) is -0.848. The van der Waals surface area contributed by atoms with E-state index in [9.17, 15) is 23.1 Å². The maximum absolute atomic E-state index is 13.5. The van der Waals surface area contributed by atoms with Gasteiger partial charge in [0.25, 0.3) is 0 Å². The number of aryl methyl sites for hydroxylation is 2. The van der Waals surface area contributed by atoms with E-state index in [0.29, 0.717) is 6.42 Å². The summed E-state index contributed by atoms with van der Waals surface area (Å²) < 4.78 is 41.6. The summed E-state index contributed by atoms with van der Waals surface area (Å²) >= 11 is 0. The quantitative estimate of drug-likeness (QED) is 0.555. The first-order chi connectivity index (χ1) is 15.6. The number of piperazine rings is 1. The fourth-order valence-electron chi connectivity index (χ4n) is 4.11. The lowest BCUT2D eigenvalue weighted by molar-refractivity contribution is -0.271. The number of anilines is 1. The third-order valence-electron chi connectivity index (χ3n) is 6.04. The Morgan fingerprint density at radius 1 is 1.18 bits per heavy atom. The van der Waals surface area contributed by atoms with Crippen LogP contribution in [-0.4, -0.2) is 70.9 Å². The topological polar surface area (TPSA) is 73.6 Å². The van der Waals surface area contributed by atoms with Gasteiger partial charge in [0.1, 0.15) is 0 Å². The van der Waals surface area contributed by atoms with Gasteiger partial charge >= 0.3 is 6.18 Å². The van der Waals surface area contributed by atoms with Gasteiger partial charge in [-0.1, -0.05) is 12.1 Å². The molecule has 1 aromatic carbocycles. The lowest BCUT2D eigenvalue weighted by Gasteiger charge is -2.36. The number of rotatable bonds is 9. The van der Waals surface area contributed by atoms with Crippen molar-refractivity contribution in [2.24, 2.45) is 7.05 Å². The van der Waals surface area contributed by atoms with E-state index in [0.717, 1.165) is 49.9 Å². The lowest BCUT2D eigenvalue weighted by atomic mass is 9.97. The molecule has 182 valence electrons. The first kappa shape index (κ1) is 25.0. The number of hydrogen-bond donors (Lipinski definition) is 2. The molecule has 7 nitrogen and oxygen atoms in total. The molecule has 0 saturated carbocycles. The second-order valence-corrected chi connectivity index (χ2v) is 8.62. The molecule has 1 aromatic heterocycles. The van der Waals surface area contributed by atoms with Crippen molar-refractivity contribution in [3.8, 4) is 0 Å². The Kier molecular flexibility index (Phi) is 8.01. The van der Waals surface area contributed by atoms with Gasteiger partial charge in [0, 0.05) is 57.9 Å². The highest BCUT2D eigenvalue weighted by Crippen LogP contribution is 2.40. The number of carbonyl (C=O) groups is 1. The van der Waals surface area contributed by atoms with E-state index in [-0.39, 0.29) is 6.54 Å². The highest BCUT2D eigenvalue weighted by Gasteiger charge is 2.58. The number of alkyl halides is 3. The van der Waals surface area contributed by atoms with Crippen molar-refractivity contribution in [3.63, 3.8) is 0 Å². The number of benzene rings is 1. The smallest absolute Gasteiger partial charge is 0.374 e. The van der Waals surface area contributed by atoms with Gasteiger partial charge in [0.15, 0.2) is 5.82 Å². The summed E-state index contributed by atoms with van der Waals surface area (Å²) in [6, 6.07) is 8.46. The Bertz CT molecular complexity index is 925. The molecule has 1 aliphatic rings. The van der Waals surface area contributed by atoms with Gasteiger partial charge in [-0.25, -0.2) is 4.98 Å². The zero-order valence-corrected chi connectivity index (χ0v) is 19.1. The largest absolute Gasteiger partial charge is 0.425 e. The van der Waals surface area contributed by atoms with Gasteiger partial charge < -0.3 is 19.9 Å². The summed E-state index contributed by atoms with van der Waals surface area (Å²) in [6.07, 6.45) is -2.22. The number of unbranched alkanes of at least 4 members (excludes halogenated alkanes) is 1. The van der Waals surface area contributed by atoms with Crippen LogP contribution in [0, 0.1) is 6.92 Å². The zero-order chi connectivity index (χ0) is 24.1. The molecular formula is C23H32F3N5O2. The number of aliphatic hydroxyl groups is 1. The molecule has 1 saturated heterocycles. The number of nitrogens with zero attached hydrogens (tertiary/aromatic N) is 4. The van der Waals surface area contributed by atoms with E-state index >= 15 is 0 Å². The highest BCUT2D eigenvalue weighted by atomic mass is 19.4. The average Bonchev–Trinajstić information content (AvgIpc) is 3.19. The van der Waals surface area contributed by atoms with Crippen molar-refractivity contribution in [1.29, 1.82) is 0 Å². The van der Waals surface area contributed by atoms with Gasteiger partial charge in [-0.15, -0.1) is 0 Å². The molecule has 1 unspecified atom stereocenters. The molecular weight excluding hydrogens is 435 g/mol. The fourth-order valence-corrected chi connectivity index (χ4v) is 4.11. The Balaban J connectivity index is 1.37. The number of imidazole rings is 1. The van der Waals surface area contributed by atoms with Crippen molar-refractivity contribution < 1.29 is 23.1 Å². The Morgan fingerprint density at radius 3 is 2.52 bits per heavy atom. The van der Waals surface area contributed by atoms with Crippen molar-refractivity contribution in [2.75, 3.05) is 44.2 Å². The van der Waals surface area contributed by atoms with E-state index < -0.39 is 29.9 Å². The number of amides is 1. The molecule has 0 aliphatic carbocycles. The van der Waals surface area contributed by atoms with Gasteiger partial charge in [-0.05, 0) is 44.0 Å². The summed E-state index contributed by atoms with van der Waals surface area (Å²) in [7, 11) is 1.34. The number of halogens is 3. The summed E-state index contributed by atoms with van der Waals surface area (Å²) in [6.45, 7) is 7.01. The Hall–Kier alpha value is -2.59. The third kappa shape index (κ3) is 6.26. The lowest BCUT2D eigenvalue weighted by Crippen LogP contribution is -2.48. The fraction of sp³-hybridized carbons (Fsp3) is 0.565. The minimum absolute atomic E-state index is 0.261. The molecule has 2 heterocycles. The molecule has 0 radical (unpaired) electrons. The molecule has 1 fully saturated rings. The molecule has 0 spiro atoms. The predicted molar refractivity (Wildman–Crippen MR) is 120 cm³/mol.